The SMILES string of the molecule is Cc1ccc(-c2ccc(N3CCN(C(=O)c4ccc([N+](=O)[O-])c(C)c4)CC3)nn2)cc1. The van der Waals surface area contributed by atoms with Gasteiger partial charge in [-0.15, -0.1) is 10.2 Å². The minimum Gasteiger partial charge on any atom is -0.352 e. The van der Waals surface area contributed by atoms with Crippen LogP contribution in [0.2, 0.25) is 0 Å². The van der Waals surface area contributed by atoms with Crippen LogP contribution < -0.4 is 4.90 Å². The molecule has 1 fully saturated rings. The van der Waals surface area contributed by atoms with Gasteiger partial charge in [-0.3, -0.25) is 14.9 Å². The van der Waals surface area contributed by atoms with Gasteiger partial charge in [0.2, 0.25) is 0 Å². The van der Waals surface area contributed by atoms with Crippen LogP contribution in [0.5, 0.6) is 0 Å². The summed E-state index contributed by atoms with van der Waals surface area (Å²) in [4.78, 5) is 27.2. The summed E-state index contributed by atoms with van der Waals surface area (Å²) in [7, 11) is 0. The number of carbonyl (C=O) groups excluding carboxylic acids is 1. The normalized spacial score (nSPS) is 13.9. The van der Waals surface area contributed by atoms with Crippen LogP contribution in [0.25, 0.3) is 11.3 Å². The molecule has 1 aromatic heterocycles. The van der Waals surface area contributed by atoms with Gasteiger partial charge >= 0.3 is 0 Å². The summed E-state index contributed by atoms with van der Waals surface area (Å²) in [6.07, 6.45) is 0. The fraction of sp³-hybridized carbons (Fsp3) is 0.261. The number of carbonyl (C=O) groups is 1. The first-order valence-corrected chi connectivity index (χ1v) is 10.1. The van der Waals surface area contributed by atoms with Gasteiger partial charge in [-0.05, 0) is 38.1 Å². The molecular weight excluding hydrogens is 394 g/mol. The minimum absolute atomic E-state index is 0.0222. The Kier molecular flexibility index (Phi) is 5.62. The van der Waals surface area contributed by atoms with Gasteiger partial charge in [0.15, 0.2) is 5.82 Å². The zero-order valence-corrected chi connectivity index (χ0v) is 17.5. The van der Waals surface area contributed by atoms with Gasteiger partial charge in [0.25, 0.3) is 11.6 Å². The second kappa shape index (κ2) is 8.51. The van der Waals surface area contributed by atoms with Gasteiger partial charge in [-0.1, -0.05) is 29.8 Å². The summed E-state index contributed by atoms with van der Waals surface area (Å²) in [6, 6.07) is 16.6. The van der Waals surface area contributed by atoms with Crippen LogP contribution in [0, 0.1) is 24.0 Å². The Morgan fingerprint density at radius 2 is 1.65 bits per heavy atom. The van der Waals surface area contributed by atoms with E-state index in [2.05, 4.69) is 15.1 Å². The van der Waals surface area contributed by atoms with Gasteiger partial charge in [0, 0.05) is 48.9 Å². The fourth-order valence-corrected chi connectivity index (χ4v) is 3.69. The van der Waals surface area contributed by atoms with Crippen molar-refractivity contribution in [3.8, 4) is 11.3 Å². The van der Waals surface area contributed by atoms with Crippen molar-refractivity contribution in [2.45, 2.75) is 13.8 Å². The summed E-state index contributed by atoms with van der Waals surface area (Å²) >= 11 is 0. The second-order valence-corrected chi connectivity index (χ2v) is 7.68. The molecule has 4 rings (SSSR count). The summed E-state index contributed by atoms with van der Waals surface area (Å²) in [6.45, 7) is 6.09. The van der Waals surface area contributed by atoms with Crippen molar-refractivity contribution in [2.75, 3.05) is 31.1 Å². The molecule has 0 atom stereocenters. The summed E-state index contributed by atoms with van der Waals surface area (Å²) in [5.41, 5.74) is 4.03. The van der Waals surface area contributed by atoms with Crippen LogP contribution >= 0.6 is 0 Å². The zero-order chi connectivity index (χ0) is 22.0. The van der Waals surface area contributed by atoms with Crippen molar-refractivity contribution in [2.24, 2.45) is 0 Å². The highest BCUT2D eigenvalue weighted by Crippen LogP contribution is 2.22. The van der Waals surface area contributed by atoms with Crippen LogP contribution in [0.1, 0.15) is 21.5 Å². The third kappa shape index (κ3) is 4.37. The molecule has 1 saturated heterocycles. The molecule has 2 aromatic carbocycles. The first kappa shape index (κ1) is 20.5. The Hall–Kier alpha value is -3.81. The van der Waals surface area contributed by atoms with E-state index < -0.39 is 4.92 Å². The van der Waals surface area contributed by atoms with E-state index in [0.717, 1.165) is 17.1 Å². The number of nitro benzene ring substituents is 1. The number of benzene rings is 2. The number of rotatable bonds is 4. The van der Waals surface area contributed by atoms with Gasteiger partial charge in [0.1, 0.15) is 0 Å². The molecule has 1 amide bonds. The number of hydrogen-bond acceptors (Lipinski definition) is 6. The van der Waals surface area contributed by atoms with E-state index in [-0.39, 0.29) is 11.6 Å². The maximum absolute atomic E-state index is 12.8. The van der Waals surface area contributed by atoms with E-state index in [0.29, 0.717) is 37.3 Å². The van der Waals surface area contributed by atoms with Gasteiger partial charge < -0.3 is 9.80 Å². The molecule has 1 aliphatic heterocycles. The topological polar surface area (TPSA) is 92.5 Å². The van der Waals surface area contributed by atoms with E-state index in [9.17, 15) is 14.9 Å². The molecule has 2 heterocycles. The Morgan fingerprint density at radius 1 is 0.935 bits per heavy atom. The maximum Gasteiger partial charge on any atom is 0.272 e. The molecule has 31 heavy (non-hydrogen) atoms. The molecule has 8 heteroatoms. The first-order chi connectivity index (χ1) is 14.9. The Morgan fingerprint density at radius 3 is 2.23 bits per heavy atom. The lowest BCUT2D eigenvalue weighted by molar-refractivity contribution is -0.385. The molecule has 1 aliphatic rings. The third-order valence-corrected chi connectivity index (χ3v) is 5.53. The van der Waals surface area contributed by atoms with Crippen LogP contribution in [-0.2, 0) is 0 Å². The largest absolute Gasteiger partial charge is 0.352 e. The fourth-order valence-electron chi connectivity index (χ4n) is 3.69. The van der Waals surface area contributed by atoms with Crippen LogP contribution in [0.4, 0.5) is 11.5 Å². The first-order valence-electron chi connectivity index (χ1n) is 10.1. The lowest BCUT2D eigenvalue weighted by Gasteiger charge is -2.35. The second-order valence-electron chi connectivity index (χ2n) is 7.68. The number of aryl methyl sites for hydroxylation is 2. The average molecular weight is 417 g/mol. The molecule has 158 valence electrons. The number of piperazine rings is 1. The lowest BCUT2D eigenvalue weighted by atomic mass is 10.1. The smallest absolute Gasteiger partial charge is 0.272 e. The average Bonchev–Trinajstić information content (AvgIpc) is 2.79. The van der Waals surface area contributed by atoms with E-state index in [4.69, 9.17) is 0 Å². The standard InChI is InChI=1S/C23H23N5O3/c1-16-3-5-18(6-4-16)20-8-10-22(25-24-20)26-11-13-27(14-12-26)23(29)19-7-9-21(28(30)31)17(2)15-19/h3-10,15H,11-14H2,1-2H3. The molecule has 0 saturated carbocycles. The van der Waals surface area contributed by atoms with Crippen molar-refractivity contribution in [3.63, 3.8) is 0 Å². The van der Waals surface area contributed by atoms with E-state index >= 15 is 0 Å². The number of nitro groups is 1. The van der Waals surface area contributed by atoms with Crippen molar-refractivity contribution in [3.05, 3.63) is 81.4 Å². The van der Waals surface area contributed by atoms with Crippen molar-refractivity contribution in [1.29, 1.82) is 0 Å². The quantitative estimate of drug-likeness (QED) is 0.475. The van der Waals surface area contributed by atoms with Gasteiger partial charge in [0.05, 0.1) is 10.6 Å². The Labute approximate surface area is 180 Å². The van der Waals surface area contributed by atoms with E-state index in [1.807, 2.05) is 43.3 Å². The molecule has 0 bridgehead atoms. The minimum atomic E-state index is -0.437. The molecule has 8 nitrogen and oxygen atoms in total. The Balaban J connectivity index is 1.39. The number of anilines is 1. The zero-order valence-electron chi connectivity index (χ0n) is 17.5. The van der Waals surface area contributed by atoms with Crippen LogP contribution in [0.15, 0.2) is 54.6 Å². The van der Waals surface area contributed by atoms with Gasteiger partial charge in [-0.2, -0.15) is 0 Å². The van der Waals surface area contributed by atoms with Crippen molar-refractivity contribution >= 4 is 17.4 Å². The van der Waals surface area contributed by atoms with Crippen molar-refractivity contribution in [1.82, 2.24) is 15.1 Å². The predicted molar refractivity (Wildman–Crippen MR) is 118 cm³/mol. The molecular formula is C23H23N5O3. The summed E-state index contributed by atoms with van der Waals surface area (Å²) in [5, 5.41) is 19.7. The summed E-state index contributed by atoms with van der Waals surface area (Å²) < 4.78 is 0. The maximum atomic E-state index is 12.8. The highest BCUT2D eigenvalue weighted by Gasteiger charge is 2.24. The number of amides is 1. The molecule has 3 aromatic rings. The summed E-state index contributed by atoms with van der Waals surface area (Å²) in [5.74, 6) is 0.674. The van der Waals surface area contributed by atoms with Crippen LogP contribution in [0.3, 0.4) is 0 Å². The number of hydrogen-bond donors (Lipinski definition) is 0. The van der Waals surface area contributed by atoms with Gasteiger partial charge in [-0.25, -0.2) is 0 Å². The number of nitrogens with zero attached hydrogens (tertiary/aromatic N) is 5. The van der Waals surface area contributed by atoms with E-state index in [1.165, 1.54) is 17.7 Å². The van der Waals surface area contributed by atoms with Crippen molar-refractivity contribution < 1.29 is 9.72 Å². The van der Waals surface area contributed by atoms with Crippen LogP contribution in [-0.4, -0.2) is 52.1 Å². The lowest BCUT2D eigenvalue weighted by Crippen LogP contribution is -2.49. The monoisotopic (exact) mass is 417 g/mol. The third-order valence-electron chi connectivity index (χ3n) is 5.53. The number of aromatic nitrogens is 2. The molecule has 0 radical (unpaired) electrons. The molecule has 0 aliphatic carbocycles. The highest BCUT2D eigenvalue weighted by atomic mass is 16.6. The van der Waals surface area contributed by atoms with E-state index in [1.54, 1.807) is 17.9 Å². The predicted octanol–water partition coefficient (Wildman–Crippen LogP) is 3.63. The molecule has 0 spiro atoms. The molecule has 0 N–H and O–H groups in total. The Bertz CT molecular complexity index is 1110. The highest BCUT2D eigenvalue weighted by molar-refractivity contribution is 5.95. The molecule has 0 unspecified atom stereocenters.